The molecule has 1 aromatic carbocycles. The van der Waals surface area contributed by atoms with Gasteiger partial charge in [0.15, 0.2) is 5.96 Å². The number of aromatic amines is 1. The van der Waals surface area contributed by atoms with E-state index in [4.69, 9.17) is 21.3 Å². The zero-order valence-electron chi connectivity index (χ0n) is 29.2. The Morgan fingerprint density at radius 1 is 1.00 bits per heavy atom. The first-order chi connectivity index (χ1) is 22.6. The molecule has 0 aliphatic heterocycles. The Hall–Kier alpha value is -4.62. The number of carboxylic acid groups (broad SMARTS) is 1. The lowest BCUT2D eigenvalue weighted by atomic mass is 9.76. The molecular formula is C34H54N8O6. The van der Waals surface area contributed by atoms with E-state index in [9.17, 15) is 19.2 Å². The highest BCUT2D eigenvalue weighted by Crippen LogP contribution is 2.38. The fourth-order valence-corrected chi connectivity index (χ4v) is 4.84. The molecular weight excluding hydrogens is 616 g/mol. The number of nitrogens with zero attached hydrogens (tertiary/aromatic N) is 2. The molecule has 0 saturated heterocycles. The van der Waals surface area contributed by atoms with Crippen LogP contribution in [0.1, 0.15) is 96.9 Å². The van der Waals surface area contributed by atoms with Crippen LogP contribution < -0.4 is 32.2 Å². The van der Waals surface area contributed by atoms with Crippen LogP contribution in [0.3, 0.4) is 0 Å². The van der Waals surface area contributed by atoms with E-state index in [-0.39, 0.29) is 48.5 Å². The molecule has 0 spiro atoms. The Labute approximate surface area is 283 Å². The van der Waals surface area contributed by atoms with Gasteiger partial charge in [0.25, 0.3) is 0 Å². The number of nitrogens with one attached hydrogen (secondary N) is 4. The third-order valence-corrected chi connectivity index (χ3v) is 8.69. The van der Waals surface area contributed by atoms with Crippen LogP contribution in [0, 0.1) is 0 Å². The standard InChI is InChI=1S/C34H54N8O6/c1-7-33(3,4)22-13-14-27(24(17-22)34(5,6)8-2)48-16-10-12-28(43)41-26(18-23-19-37-21-40-23)31(47)42-25(11-9-15-38-32(35)36)30(46)39-20-29(44)45/h13-14,17,19,21,25-26H,7-12,15-16,18,20H2,1-6H3,(H,37,40)(H,39,46)(H,41,43)(H,42,47)(H,44,45)(H4,35,36,38)/t25-,26-/m0/s1. The van der Waals surface area contributed by atoms with Crippen molar-refractivity contribution >= 4 is 29.7 Å². The average Bonchev–Trinajstić information content (AvgIpc) is 3.56. The van der Waals surface area contributed by atoms with E-state index in [1.807, 2.05) is 6.07 Å². The number of guanidine groups is 1. The summed E-state index contributed by atoms with van der Waals surface area (Å²) in [5.41, 5.74) is 13.6. The molecule has 2 aromatic rings. The van der Waals surface area contributed by atoms with Crippen molar-refractivity contribution in [3.8, 4) is 5.75 Å². The third kappa shape index (κ3) is 12.9. The number of aliphatic imine (C=N–C) groups is 1. The highest BCUT2D eigenvalue weighted by Gasteiger charge is 2.29. The molecule has 1 aromatic heterocycles. The molecule has 2 rings (SSSR count). The first kappa shape index (κ1) is 39.6. The second-order valence-corrected chi connectivity index (χ2v) is 13.2. The number of hydrogen-bond donors (Lipinski definition) is 7. The third-order valence-electron chi connectivity index (χ3n) is 8.69. The van der Waals surface area contributed by atoms with Crippen LogP contribution >= 0.6 is 0 Å². The first-order valence-electron chi connectivity index (χ1n) is 16.5. The van der Waals surface area contributed by atoms with Gasteiger partial charge in [0.1, 0.15) is 24.4 Å². The number of aromatic nitrogens is 2. The zero-order valence-corrected chi connectivity index (χ0v) is 29.2. The molecule has 1 heterocycles. The van der Waals surface area contributed by atoms with Crippen molar-refractivity contribution in [1.82, 2.24) is 25.9 Å². The molecule has 0 fully saturated rings. The van der Waals surface area contributed by atoms with Gasteiger partial charge in [-0.1, -0.05) is 53.7 Å². The fraction of sp³-hybridized carbons (Fsp3) is 0.588. The van der Waals surface area contributed by atoms with Crippen molar-refractivity contribution < 1.29 is 29.0 Å². The molecule has 14 heteroatoms. The van der Waals surface area contributed by atoms with Gasteiger partial charge in [-0.3, -0.25) is 24.2 Å². The molecule has 2 atom stereocenters. The maximum atomic E-state index is 13.4. The number of aliphatic carboxylic acids is 1. The smallest absolute Gasteiger partial charge is 0.322 e. The lowest BCUT2D eigenvalue weighted by Crippen LogP contribution is -2.54. The molecule has 0 unspecified atom stereocenters. The number of hydrogen-bond acceptors (Lipinski definition) is 7. The zero-order chi connectivity index (χ0) is 35.9. The number of ether oxygens (including phenoxy) is 1. The van der Waals surface area contributed by atoms with Crippen molar-refractivity contribution in [2.24, 2.45) is 16.5 Å². The molecule has 266 valence electrons. The van der Waals surface area contributed by atoms with Crippen molar-refractivity contribution in [3.05, 3.63) is 47.5 Å². The molecule has 48 heavy (non-hydrogen) atoms. The Balaban J connectivity index is 2.10. The summed E-state index contributed by atoms with van der Waals surface area (Å²) < 4.78 is 6.21. The maximum Gasteiger partial charge on any atom is 0.322 e. The van der Waals surface area contributed by atoms with Crippen molar-refractivity contribution in [1.29, 1.82) is 0 Å². The van der Waals surface area contributed by atoms with Gasteiger partial charge in [0.05, 0.1) is 12.9 Å². The van der Waals surface area contributed by atoms with Crippen molar-refractivity contribution in [2.75, 3.05) is 19.7 Å². The first-order valence-corrected chi connectivity index (χ1v) is 16.5. The van der Waals surface area contributed by atoms with Crippen LogP contribution in [0.2, 0.25) is 0 Å². The van der Waals surface area contributed by atoms with Gasteiger partial charge >= 0.3 is 5.97 Å². The van der Waals surface area contributed by atoms with E-state index in [1.165, 1.54) is 18.1 Å². The van der Waals surface area contributed by atoms with Crippen LogP contribution in [0.15, 0.2) is 35.7 Å². The van der Waals surface area contributed by atoms with Crippen LogP contribution in [0.4, 0.5) is 0 Å². The van der Waals surface area contributed by atoms with Crippen LogP contribution in [-0.2, 0) is 36.4 Å². The number of imidazole rings is 1. The summed E-state index contributed by atoms with van der Waals surface area (Å²) >= 11 is 0. The predicted molar refractivity (Wildman–Crippen MR) is 185 cm³/mol. The molecule has 14 nitrogen and oxygen atoms in total. The summed E-state index contributed by atoms with van der Waals surface area (Å²) in [6, 6.07) is 4.23. The monoisotopic (exact) mass is 670 g/mol. The van der Waals surface area contributed by atoms with Crippen molar-refractivity contribution in [2.45, 2.75) is 109 Å². The molecule has 0 aliphatic rings. The second-order valence-electron chi connectivity index (χ2n) is 13.2. The van der Waals surface area contributed by atoms with Crippen molar-refractivity contribution in [3.63, 3.8) is 0 Å². The average molecular weight is 671 g/mol. The van der Waals surface area contributed by atoms with Crippen LogP contribution in [-0.4, -0.2) is 76.5 Å². The summed E-state index contributed by atoms with van der Waals surface area (Å²) in [6.45, 7) is 13.1. The number of amides is 3. The minimum atomic E-state index is -1.23. The van der Waals surface area contributed by atoms with E-state index < -0.39 is 36.4 Å². The predicted octanol–water partition coefficient (Wildman–Crippen LogP) is 2.41. The molecule has 0 aliphatic carbocycles. The van der Waals surface area contributed by atoms with Gasteiger partial charge in [-0.2, -0.15) is 0 Å². The molecule has 0 bridgehead atoms. The molecule has 0 saturated carbocycles. The number of rotatable bonds is 21. The normalized spacial score (nSPS) is 12.8. The van der Waals surface area contributed by atoms with E-state index >= 15 is 0 Å². The van der Waals surface area contributed by atoms with E-state index in [1.54, 1.807) is 0 Å². The lowest BCUT2D eigenvalue weighted by molar-refractivity contribution is -0.138. The van der Waals surface area contributed by atoms with Gasteiger partial charge in [-0.05, 0) is 54.6 Å². The lowest BCUT2D eigenvalue weighted by Gasteiger charge is -2.30. The Bertz CT molecular complexity index is 1390. The largest absolute Gasteiger partial charge is 0.493 e. The topological polar surface area (TPSA) is 227 Å². The number of nitrogens with two attached hydrogens (primary N) is 2. The SMILES string of the molecule is CCC(C)(C)c1ccc(OCCCC(=O)N[C@@H](Cc2cnc[nH]2)C(=O)N[C@@H](CCCN=C(N)N)C(=O)NCC(=O)O)c(C(C)(C)CC)c1. The Morgan fingerprint density at radius 3 is 2.31 bits per heavy atom. The Morgan fingerprint density at radius 2 is 1.71 bits per heavy atom. The maximum absolute atomic E-state index is 13.4. The van der Waals surface area contributed by atoms with Gasteiger partial charge in [0.2, 0.25) is 17.7 Å². The highest BCUT2D eigenvalue weighted by atomic mass is 16.5. The fourth-order valence-electron chi connectivity index (χ4n) is 4.84. The van der Waals surface area contributed by atoms with Gasteiger partial charge in [0, 0.05) is 36.8 Å². The van der Waals surface area contributed by atoms with Gasteiger partial charge < -0.3 is 42.2 Å². The van der Waals surface area contributed by atoms with E-state index in [0.29, 0.717) is 25.1 Å². The summed E-state index contributed by atoms with van der Waals surface area (Å²) in [7, 11) is 0. The molecule has 0 radical (unpaired) electrons. The molecule has 9 N–H and O–H groups in total. The number of carboxylic acids is 1. The summed E-state index contributed by atoms with van der Waals surface area (Å²) in [4.78, 5) is 61.1. The second kappa shape index (κ2) is 18.6. The number of carbonyl (C=O) groups excluding carboxylic acids is 3. The summed E-state index contributed by atoms with van der Waals surface area (Å²) in [6.07, 6.45) is 5.98. The van der Waals surface area contributed by atoms with E-state index in [0.717, 1.165) is 24.2 Å². The molecule has 3 amide bonds. The summed E-state index contributed by atoms with van der Waals surface area (Å²) in [5.74, 6) is -2.22. The van der Waals surface area contributed by atoms with Gasteiger partial charge in [-0.25, -0.2) is 4.98 Å². The number of H-pyrrole nitrogens is 1. The van der Waals surface area contributed by atoms with Crippen LogP contribution in [0.25, 0.3) is 0 Å². The van der Waals surface area contributed by atoms with Crippen LogP contribution in [0.5, 0.6) is 5.75 Å². The van der Waals surface area contributed by atoms with Gasteiger partial charge in [-0.15, -0.1) is 0 Å². The summed E-state index contributed by atoms with van der Waals surface area (Å²) in [5, 5.41) is 16.7. The highest BCUT2D eigenvalue weighted by molar-refractivity contribution is 5.93. The number of carbonyl (C=O) groups is 4. The minimum Gasteiger partial charge on any atom is -0.493 e. The quantitative estimate of drug-likeness (QED) is 0.0587. The number of benzene rings is 1. The minimum absolute atomic E-state index is 0.0318. The Kier molecular flexibility index (Phi) is 15.4. The van der Waals surface area contributed by atoms with E-state index in [2.05, 4.69) is 84.6 Å².